The lowest BCUT2D eigenvalue weighted by Gasteiger charge is -2.19. The molecule has 0 heterocycles. The minimum atomic E-state index is -0.217. The average molecular weight is 248 g/mol. The van der Waals surface area contributed by atoms with E-state index in [2.05, 4.69) is 5.48 Å². The van der Waals surface area contributed by atoms with Crippen molar-refractivity contribution >= 4 is 23.2 Å². The molecule has 0 aliphatic carbocycles. The maximum Gasteiger partial charge on any atom is 0.0813 e. The Labute approximate surface area is 100 Å². The number of halogens is 2. The van der Waals surface area contributed by atoms with Crippen molar-refractivity contribution in [3.8, 4) is 0 Å². The van der Waals surface area contributed by atoms with Crippen molar-refractivity contribution in [2.75, 3.05) is 0 Å². The van der Waals surface area contributed by atoms with Crippen LogP contribution in [0.25, 0.3) is 0 Å². The molecule has 0 unspecified atom stereocenters. The zero-order chi connectivity index (χ0) is 11.5. The number of hydrogen-bond donors (Lipinski definition) is 1. The van der Waals surface area contributed by atoms with Crippen LogP contribution in [-0.4, -0.2) is 5.60 Å². The van der Waals surface area contributed by atoms with Gasteiger partial charge in [-0.3, -0.25) is 4.84 Å². The molecular weight excluding hydrogens is 233 g/mol. The molecule has 0 bridgehead atoms. The minimum Gasteiger partial charge on any atom is -0.296 e. The average Bonchev–Trinajstić information content (AvgIpc) is 2.09. The summed E-state index contributed by atoms with van der Waals surface area (Å²) in [6, 6.07) is 5.36. The van der Waals surface area contributed by atoms with Crippen molar-refractivity contribution in [1.82, 2.24) is 5.48 Å². The molecule has 1 aromatic rings. The molecule has 0 saturated carbocycles. The molecule has 1 N–H and O–H groups in total. The molecule has 1 rings (SSSR count). The first-order valence-corrected chi connectivity index (χ1v) is 5.49. The summed E-state index contributed by atoms with van der Waals surface area (Å²) >= 11 is 11.9. The van der Waals surface area contributed by atoms with Gasteiger partial charge >= 0.3 is 0 Å². The van der Waals surface area contributed by atoms with Gasteiger partial charge in [0.15, 0.2) is 0 Å². The zero-order valence-corrected chi connectivity index (χ0v) is 10.6. The zero-order valence-electron chi connectivity index (χ0n) is 9.10. The van der Waals surface area contributed by atoms with Crippen LogP contribution in [0, 0.1) is 0 Å². The molecule has 0 radical (unpaired) electrons. The summed E-state index contributed by atoms with van der Waals surface area (Å²) in [7, 11) is 0. The van der Waals surface area contributed by atoms with E-state index < -0.39 is 0 Å². The Balaban J connectivity index is 2.54. The van der Waals surface area contributed by atoms with Crippen LogP contribution in [0.2, 0.25) is 10.0 Å². The van der Waals surface area contributed by atoms with E-state index in [9.17, 15) is 0 Å². The van der Waals surface area contributed by atoms with Crippen LogP contribution in [0.15, 0.2) is 18.2 Å². The quantitative estimate of drug-likeness (QED) is 0.821. The fourth-order valence-corrected chi connectivity index (χ4v) is 1.39. The van der Waals surface area contributed by atoms with Gasteiger partial charge in [0.2, 0.25) is 0 Å². The van der Waals surface area contributed by atoms with Gasteiger partial charge in [-0.1, -0.05) is 23.2 Å². The van der Waals surface area contributed by atoms with Crippen LogP contribution in [0.4, 0.5) is 0 Å². The smallest absolute Gasteiger partial charge is 0.0813 e. The topological polar surface area (TPSA) is 21.3 Å². The van der Waals surface area contributed by atoms with Gasteiger partial charge in [0, 0.05) is 16.6 Å². The van der Waals surface area contributed by atoms with Gasteiger partial charge in [-0.05, 0) is 44.5 Å². The molecule has 0 aliphatic heterocycles. The van der Waals surface area contributed by atoms with Gasteiger partial charge < -0.3 is 0 Å². The van der Waals surface area contributed by atoms with Crippen molar-refractivity contribution < 1.29 is 4.84 Å². The molecule has 1 aromatic carbocycles. The van der Waals surface area contributed by atoms with Crippen molar-refractivity contribution in [2.24, 2.45) is 0 Å². The summed E-state index contributed by atoms with van der Waals surface area (Å²) < 4.78 is 0. The Morgan fingerprint density at radius 2 is 1.93 bits per heavy atom. The third-order valence-corrected chi connectivity index (χ3v) is 2.25. The standard InChI is InChI=1S/C11H15Cl2NO/c1-11(2,3)15-14-7-8-6-9(12)4-5-10(8)13/h4-6,14H,7H2,1-3H3. The van der Waals surface area contributed by atoms with E-state index in [1.54, 1.807) is 12.1 Å². The molecule has 84 valence electrons. The first kappa shape index (κ1) is 12.8. The molecule has 0 amide bonds. The van der Waals surface area contributed by atoms with Crippen LogP contribution in [-0.2, 0) is 11.4 Å². The van der Waals surface area contributed by atoms with Crippen LogP contribution < -0.4 is 5.48 Å². The number of nitrogens with one attached hydrogen (secondary N) is 1. The van der Waals surface area contributed by atoms with Crippen LogP contribution in [0.1, 0.15) is 26.3 Å². The van der Waals surface area contributed by atoms with E-state index in [0.717, 1.165) is 5.56 Å². The van der Waals surface area contributed by atoms with Gasteiger partial charge in [-0.15, -0.1) is 0 Å². The van der Waals surface area contributed by atoms with Crippen molar-refractivity contribution in [3.05, 3.63) is 33.8 Å². The Morgan fingerprint density at radius 3 is 2.53 bits per heavy atom. The third kappa shape index (κ3) is 4.85. The van der Waals surface area contributed by atoms with E-state index in [1.165, 1.54) is 0 Å². The molecule has 0 saturated heterocycles. The Bertz CT molecular complexity index is 334. The highest BCUT2D eigenvalue weighted by atomic mass is 35.5. The molecule has 2 nitrogen and oxygen atoms in total. The Morgan fingerprint density at radius 1 is 1.27 bits per heavy atom. The van der Waals surface area contributed by atoms with Crippen LogP contribution in [0.5, 0.6) is 0 Å². The maximum absolute atomic E-state index is 5.99. The number of benzene rings is 1. The largest absolute Gasteiger partial charge is 0.296 e. The summed E-state index contributed by atoms with van der Waals surface area (Å²) in [6.45, 7) is 6.45. The molecule has 0 aliphatic rings. The maximum atomic E-state index is 5.99. The Kier molecular flexibility index (Phi) is 4.41. The van der Waals surface area contributed by atoms with Gasteiger partial charge in [-0.2, -0.15) is 5.48 Å². The number of hydroxylamine groups is 1. The van der Waals surface area contributed by atoms with E-state index in [1.807, 2.05) is 26.8 Å². The number of rotatable bonds is 3. The summed E-state index contributed by atoms with van der Waals surface area (Å²) in [5.41, 5.74) is 3.57. The van der Waals surface area contributed by atoms with E-state index in [4.69, 9.17) is 28.0 Å². The lowest BCUT2D eigenvalue weighted by atomic mass is 10.2. The highest BCUT2D eigenvalue weighted by Crippen LogP contribution is 2.20. The second-order valence-corrected chi connectivity index (χ2v) is 5.11. The molecule has 4 heteroatoms. The summed E-state index contributed by atoms with van der Waals surface area (Å²) in [5, 5.41) is 1.36. The van der Waals surface area contributed by atoms with Crippen molar-refractivity contribution in [1.29, 1.82) is 0 Å². The monoisotopic (exact) mass is 247 g/mol. The normalized spacial score (nSPS) is 11.8. The molecule has 0 aromatic heterocycles. The predicted octanol–water partition coefficient (Wildman–Crippen LogP) is 3.81. The predicted molar refractivity (Wildman–Crippen MR) is 64.1 cm³/mol. The van der Waals surface area contributed by atoms with E-state index >= 15 is 0 Å². The first-order chi connectivity index (χ1) is 6.88. The van der Waals surface area contributed by atoms with Gasteiger partial charge in [0.05, 0.1) is 5.60 Å². The van der Waals surface area contributed by atoms with Gasteiger partial charge in [-0.25, -0.2) is 0 Å². The fourth-order valence-electron chi connectivity index (χ4n) is 1.01. The van der Waals surface area contributed by atoms with Crippen LogP contribution in [0.3, 0.4) is 0 Å². The summed E-state index contributed by atoms with van der Waals surface area (Å²) in [5.74, 6) is 0. The van der Waals surface area contributed by atoms with Gasteiger partial charge in [0.25, 0.3) is 0 Å². The second-order valence-electron chi connectivity index (χ2n) is 4.27. The fraction of sp³-hybridized carbons (Fsp3) is 0.455. The lowest BCUT2D eigenvalue weighted by Crippen LogP contribution is -2.28. The third-order valence-electron chi connectivity index (χ3n) is 1.65. The van der Waals surface area contributed by atoms with Gasteiger partial charge in [0.1, 0.15) is 0 Å². The molecule has 0 spiro atoms. The molecule has 0 atom stereocenters. The van der Waals surface area contributed by atoms with E-state index in [0.29, 0.717) is 16.6 Å². The SMILES string of the molecule is CC(C)(C)ONCc1cc(Cl)ccc1Cl. The molecule has 15 heavy (non-hydrogen) atoms. The molecular formula is C11H15Cl2NO. The molecule has 0 fully saturated rings. The second kappa shape index (κ2) is 5.17. The highest BCUT2D eigenvalue weighted by Gasteiger charge is 2.10. The number of hydrogen-bond acceptors (Lipinski definition) is 2. The highest BCUT2D eigenvalue weighted by molar-refractivity contribution is 6.33. The first-order valence-electron chi connectivity index (χ1n) is 4.73. The van der Waals surface area contributed by atoms with Crippen molar-refractivity contribution in [3.63, 3.8) is 0 Å². The minimum absolute atomic E-state index is 0.217. The van der Waals surface area contributed by atoms with E-state index in [-0.39, 0.29) is 5.60 Å². The lowest BCUT2D eigenvalue weighted by molar-refractivity contribution is -0.0757. The van der Waals surface area contributed by atoms with Crippen molar-refractivity contribution in [2.45, 2.75) is 32.9 Å². The summed E-state index contributed by atoms with van der Waals surface area (Å²) in [6.07, 6.45) is 0. The van der Waals surface area contributed by atoms with Crippen LogP contribution >= 0.6 is 23.2 Å². The summed E-state index contributed by atoms with van der Waals surface area (Å²) in [4.78, 5) is 5.38. The Hall–Kier alpha value is -0.280.